The Kier molecular flexibility index (Phi) is 2.58. The van der Waals surface area contributed by atoms with Crippen LogP contribution < -0.4 is 0 Å². The van der Waals surface area contributed by atoms with E-state index in [9.17, 15) is 0 Å². The summed E-state index contributed by atoms with van der Waals surface area (Å²) in [5.41, 5.74) is 0. The van der Waals surface area contributed by atoms with E-state index in [2.05, 4.69) is 30.8 Å². The van der Waals surface area contributed by atoms with E-state index in [0.29, 0.717) is 12.1 Å². The number of nitrogens with zero attached hydrogens (tertiary/aromatic N) is 2. The van der Waals surface area contributed by atoms with Gasteiger partial charge in [0.15, 0.2) is 0 Å². The van der Waals surface area contributed by atoms with E-state index in [-0.39, 0.29) is 0 Å². The summed E-state index contributed by atoms with van der Waals surface area (Å²) < 4.78 is 5.26. The number of likely N-dealkylation sites (N-methyl/N-ethyl adjacent to an activating group) is 1. The molecule has 3 atom stereocenters. The smallest absolute Gasteiger partial charge is 0.0936 e. The van der Waals surface area contributed by atoms with E-state index in [0.717, 1.165) is 19.2 Å². The van der Waals surface area contributed by atoms with Crippen LogP contribution in [-0.2, 0) is 4.74 Å². The second-order valence-electron chi connectivity index (χ2n) is 4.51. The Morgan fingerprint density at radius 1 is 1.46 bits per heavy atom. The van der Waals surface area contributed by atoms with Gasteiger partial charge in [0.25, 0.3) is 0 Å². The van der Waals surface area contributed by atoms with E-state index in [4.69, 9.17) is 4.74 Å². The summed E-state index contributed by atoms with van der Waals surface area (Å²) in [4.78, 5) is 4.90. The molecule has 2 unspecified atom stereocenters. The lowest BCUT2D eigenvalue weighted by Gasteiger charge is -2.27. The first kappa shape index (κ1) is 9.44. The molecule has 0 amide bonds. The number of hydrogen-bond donors (Lipinski definition) is 0. The molecule has 2 fully saturated rings. The lowest BCUT2D eigenvalue weighted by atomic mass is 10.1. The van der Waals surface area contributed by atoms with Gasteiger partial charge in [0.05, 0.1) is 12.7 Å². The van der Waals surface area contributed by atoms with Gasteiger partial charge in [-0.15, -0.1) is 0 Å². The van der Waals surface area contributed by atoms with Crippen molar-refractivity contribution >= 4 is 0 Å². The fraction of sp³-hybridized carbons (Fsp3) is 1.00. The second kappa shape index (κ2) is 3.56. The van der Waals surface area contributed by atoms with Crippen molar-refractivity contribution in [3.63, 3.8) is 0 Å². The zero-order valence-electron chi connectivity index (χ0n) is 8.86. The van der Waals surface area contributed by atoms with Crippen LogP contribution in [0.4, 0.5) is 0 Å². The molecule has 0 saturated carbocycles. The van der Waals surface area contributed by atoms with Crippen LogP contribution >= 0.6 is 0 Å². The predicted octanol–water partition coefficient (Wildman–Crippen LogP) is 0.410. The van der Waals surface area contributed by atoms with E-state index < -0.39 is 0 Å². The van der Waals surface area contributed by atoms with Crippen LogP contribution in [0.3, 0.4) is 0 Å². The summed E-state index contributed by atoms with van der Waals surface area (Å²) in [6.07, 6.45) is 1.85. The van der Waals surface area contributed by atoms with Gasteiger partial charge >= 0.3 is 0 Å². The van der Waals surface area contributed by atoms with E-state index >= 15 is 0 Å². The molecule has 0 radical (unpaired) electrons. The van der Waals surface area contributed by atoms with Crippen molar-refractivity contribution in [2.24, 2.45) is 0 Å². The highest BCUT2D eigenvalue weighted by Gasteiger charge is 2.35. The largest absolute Gasteiger partial charge is 0.372 e. The number of rotatable bonds is 3. The lowest BCUT2D eigenvalue weighted by Crippen LogP contribution is -2.41. The Labute approximate surface area is 80.6 Å². The molecule has 0 spiro atoms. The van der Waals surface area contributed by atoms with Gasteiger partial charge < -0.3 is 9.64 Å². The number of epoxide rings is 1. The fourth-order valence-corrected chi connectivity index (χ4v) is 2.37. The lowest BCUT2D eigenvalue weighted by molar-refractivity contribution is 0.186. The third-order valence-corrected chi connectivity index (χ3v) is 3.35. The molecular formula is C10H20N2O. The minimum absolute atomic E-state index is 0.545. The van der Waals surface area contributed by atoms with Gasteiger partial charge in [0.2, 0.25) is 0 Å². The van der Waals surface area contributed by atoms with Gasteiger partial charge in [-0.05, 0) is 27.4 Å². The maximum Gasteiger partial charge on any atom is 0.0936 e. The molecule has 0 bridgehead atoms. The maximum atomic E-state index is 5.26. The van der Waals surface area contributed by atoms with Crippen molar-refractivity contribution in [2.75, 3.05) is 33.8 Å². The topological polar surface area (TPSA) is 19.0 Å². The van der Waals surface area contributed by atoms with Gasteiger partial charge in [-0.25, -0.2) is 0 Å². The summed E-state index contributed by atoms with van der Waals surface area (Å²) in [6, 6.07) is 1.43. The van der Waals surface area contributed by atoms with Crippen molar-refractivity contribution in [3.05, 3.63) is 0 Å². The molecule has 0 aromatic rings. The predicted molar refractivity (Wildman–Crippen MR) is 52.9 cm³/mol. The molecule has 0 N–H and O–H groups in total. The minimum atomic E-state index is 0.545. The first-order chi connectivity index (χ1) is 6.18. The van der Waals surface area contributed by atoms with Gasteiger partial charge in [-0.1, -0.05) is 0 Å². The first-order valence-corrected chi connectivity index (χ1v) is 5.20. The molecule has 0 aromatic carbocycles. The molecule has 0 aliphatic carbocycles. The SMILES string of the molecule is CC1C(N(C)C)CCN1C[C@H]1CO1. The van der Waals surface area contributed by atoms with Crippen molar-refractivity contribution in [1.29, 1.82) is 0 Å². The molecule has 2 aliphatic heterocycles. The van der Waals surface area contributed by atoms with Crippen LogP contribution in [0.25, 0.3) is 0 Å². The monoisotopic (exact) mass is 184 g/mol. The highest BCUT2D eigenvalue weighted by atomic mass is 16.6. The van der Waals surface area contributed by atoms with Crippen molar-refractivity contribution < 1.29 is 4.74 Å². The molecule has 76 valence electrons. The molecule has 0 aromatic heterocycles. The minimum Gasteiger partial charge on any atom is -0.372 e. The molecule has 2 saturated heterocycles. The van der Waals surface area contributed by atoms with Crippen LogP contribution in [0.1, 0.15) is 13.3 Å². The Bertz CT molecular complexity index is 180. The summed E-state index contributed by atoms with van der Waals surface area (Å²) in [5.74, 6) is 0. The summed E-state index contributed by atoms with van der Waals surface area (Å²) in [6.45, 7) is 5.70. The maximum absolute atomic E-state index is 5.26. The standard InChI is InChI=1S/C10H20N2O/c1-8-10(11(2)3)4-5-12(8)6-9-7-13-9/h8-10H,4-7H2,1-3H3/t8?,9-,10?/m0/s1. The van der Waals surface area contributed by atoms with E-state index in [1.54, 1.807) is 0 Å². The average Bonchev–Trinajstić information content (AvgIpc) is 2.78. The van der Waals surface area contributed by atoms with Crippen LogP contribution in [0, 0.1) is 0 Å². The van der Waals surface area contributed by atoms with Gasteiger partial charge in [0.1, 0.15) is 0 Å². The van der Waals surface area contributed by atoms with Gasteiger partial charge in [0, 0.05) is 25.2 Å². The molecule has 2 heterocycles. The highest BCUT2D eigenvalue weighted by molar-refractivity contribution is 4.91. The Balaban J connectivity index is 1.85. The molecular weight excluding hydrogens is 164 g/mol. The summed E-state index contributed by atoms with van der Waals surface area (Å²) in [5, 5.41) is 0. The Morgan fingerprint density at radius 2 is 2.15 bits per heavy atom. The van der Waals surface area contributed by atoms with Crippen LogP contribution in [0.15, 0.2) is 0 Å². The third-order valence-electron chi connectivity index (χ3n) is 3.35. The molecule has 3 heteroatoms. The normalized spacial score (nSPS) is 40.2. The molecule has 2 rings (SSSR count). The average molecular weight is 184 g/mol. The molecule has 3 nitrogen and oxygen atoms in total. The zero-order valence-corrected chi connectivity index (χ0v) is 8.86. The number of hydrogen-bond acceptors (Lipinski definition) is 3. The van der Waals surface area contributed by atoms with Gasteiger partial charge in [-0.3, -0.25) is 4.90 Å². The second-order valence-corrected chi connectivity index (χ2v) is 4.51. The quantitative estimate of drug-likeness (QED) is 0.592. The molecule has 13 heavy (non-hydrogen) atoms. The summed E-state index contributed by atoms with van der Waals surface area (Å²) in [7, 11) is 4.36. The Hall–Kier alpha value is -0.120. The van der Waals surface area contributed by atoms with Gasteiger partial charge in [-0.2, -0.15) is 0 Å². The Morgan fingerprint density at radius 3 is 2.62 bits per heavy atom. The number of ether oxygens (including phenoxy) is 1. The molecule has 2 aliphatic rings. The zero-order chi connectivity index (χ0) is 9.42. The number of likely N-dealkylation sites (tertiary alicyclic amines) is 1. The summed E-state index contributed by atoms with van der Waals surface area (Å²) >= 11 is 0. The van der Waals surface area contributed by atoms with Crippen LogP contribution in [0.5, 0.6) is 0 Å². The highest BCUT2D eigenvalue weighted by Crippen LogP contribution is 2.23. The van der Waals surface area contributed by atoms with Crippen molar-refractivity contribution in [2.45, 2.75) is 31.5 Å². The van der Waals surface area contributed by atoms with Crippen LogP contribution in [0.2, 0.25) is 0 Å². The van der Waals surface area contributed by atoms with E-state index in [1.807, 2.05) is 0 Å². The van der Waals surface area contributed by atoms with Crippen LogP contribution in [-0.4, -0.2) is 61.8 Å². The third kappa shape index (κ3) is 2.03. The van der Waals surface area contributed by atoms with Crippen molar-refractivity contribution in [3.8, 4) is 0 Å². The fourth-order valence-electron chi connectivity index (χ4n) is 2.37. The first-order valence-electron chi connectivity index (χ1n) is 5.20. The van der Waals surface area contributed by atoms with E-state index in [1.165, 1.54) is 13.0 Å². The van der Waals surface area contributed by atoms with Crippen molar-refractivity contribution in [1.82, 2.24) is 9.80 Å².